The van der Waals surface area contributed by atoms with Crippen molar-refractivity contribution in [2.24, 2.45) is 0 Å². The third-order valence-electron chi connectivity index (χ3n) is 5.84. The van der Waals surface area contributed by atoms with Crippen LogP contribution in [0, 0.1) is 0 Å². The third kappa shape index (κ3) is 4.61. The van der Waals surface area contributed by atoms with Crippen LogP contribution in [0.4, 0.5) is 11.6 Å². The van der Waals surface area contributed by atoms with Gasteiger partial charge in [-0.1, -0.05) is 0 Å². The molecule has 0 unspecified atom stereocenters. The third-order valence-corrected chi connectivity index (χ3v) is 5.84. The highest BCUT2D eigenvalue weighted by atomic mass is 16.5. The van der Waals surface area contributed by atoms with Gasteiger partial charge in [0, 0.05) is 43.3 Å². The van der Waals surface area contributed by atoms with Crippen molar-refractivity contribution in [1.82, 2.24) is 19.9 Å². The molecular weight excluding hydrogens is 396 g/mol. The number of hydrogen-bond acceptors (Lipinski definition) is 9. The summed E-state index contributed by atoms with van der Waals surface area (Å²) >= 11 is 0. The van der Waals surface area contributed by atoms with Gasteiger partial charge in [-0.2, -0.15) is 0 Å². The molecule has 9 nitrogen and oxygen atoms in total. The molecule has 0 atom stereocenters. The molecule has 0 radical (unpaired) electrons. The number of nitrogens with zero attached hydrogens (tertiary/aromatic N) is 5. The molecule has 9 heteroatoms. The van der Waals surface area contributed by atoms with Crippen molar-refractivity contribution in [3.05, 3.63) is 36.9 Å². The lowest BCUT2D eigenvalue weighted by Crippen LogP contribution is -2.36. The molecule has 3 aromatic rings. The van der Waals surface area contributed by atoms with Crippen LogP contribution < -0.4 is 15.0 Å². The molecule has 1 aliphatic heterocycles. The Balaban J connectivity index is 1.27. The molecule has 1 aliphatic carbocycles. The minimum Gasteiger partial charge on any atom is -0.505 e. The lowest BCUT2D eigenvalue weighted by molar-refractivity contribution is 0.122. The van der Waals surface area contributed by atoms with Gasteiger partial charge in [-0.25, -0.2) is 15.0 Å². The van der Waals surface area contributed by atoms with Crippen molar-refractivity contribution in [1.29, 1.82) is 0 Å². The van der Waals surface area contributed by atoms with E-state index in [0.29, 0.717) is 12.0 Å². The number of morpholine rings is 1. The van der Waals surface area contributed by atoms with Crippen molar-refractivity contribution in [2.45, 2.75) is 37.8 Å². The molecule has 2 aliphatic rings. The van der Waals surface area contributed by atoms with Gasteiger partial charge in [-0.15, -0.1) is 0 Å². The predicted octanol–water partition coefficient (Wildman–Crippen LogP) is 2.76. The Morgan fingerprint density at radius 2 is 1.71 bits per heavy atom. The Morgan fingerprint density at radius 3 is 2.48 bits per heavy atom. The summed E-state index contributed by atoms with van der Waals surface area (Å²) in [5.74, 6) is 1.41. The molecule has 2 aromatic heterocycles. The van der Waals surface area contributed by atoms with Crippen LogP contribution in [0.25, 0.3) is 11.0 Å². The van der Waals surface area contributed by atoms with E-state index in [4.69, 9.17) is 9.47 Å². The number of benzene rings is 1. The van der Waals surface area contributed by atoms with Crippen LogP contribution in [0.2, 0.25) is 0 Å². The van der Waals surface area contributed by atoms with Crippen molar-refractivity contribution in [3.63, 3.8) is 0 Å². The topological polar surface area (TPSA) is 106 Å². The number of rotatable bonds is 5. The van der Waals surface area contributed by atoms with Gasteiger partial charge in [0.25, 0.3) is 0 Å². The fourth-order valence-electron chi connectivity index (χ4n) is 4.21. The van der Waals surface area contributed by atoms with Gasteiger partial charge in [0.05, 0.1) is 37.2 Å². The number of anilines is 2. The van der Waals surface area contributed by atoms with E-state index >= 15 is 0 Å². The van der Waals surface area contributed by atoms with Crippen LogP contribution in [0.3, 0.4) is 0 Å². The van der Waals surface area contributed by atoms with Crippen LogP contribution in [-0.4, -0.2) is 63.5 Å². The molecule has 1 saturated heterocycles. The number of ether oxygens (including phenoxy) is 2. The maximum Gasteiger partial charge on any atom is 0.223 e. The van der Waals surface area contributed by atoms with Gasteiger partial charge >= 0.3 is 0 Å². The Labute approximate surface area is 180 Å². The van der Waals surface area contributed by atoms with Gasteiger partial charge in [-0.05, 0) is 31.7 Å². The number of aromatic hydroxyl groups is 1. The minimum absolute atomic E-state index is 0.0669. The Morgan fingerprint density at radius 1 is 0.968 bits per heavy atom. The number of nitrogens with one attached hydrogen (secondary N) is 1. The molecule has 0 bridgehead atoms. The van der Waals surface area contributed by atoms with E-state index in [1.165, 1.54) is 12.4 Å². The van der Waals surface area contributed by atoms with Gasteiger partial charge < -0.3 is 24.8 Å². The average molecular weight is 422 g/mol. The van der Waals surface area contributed by atoms with E-state index in [0.717, 1.165) is 74.5 Å². The first-order chi connectivity index (χ1) is 15.2. The van der Waals surface area contributed by atoms with Crippen LogP contribution in [0.1, 0.15) is 25.7 Å². The van der Waals surface area contributed by atoms with Gasteiger partial charge in [-0.3, -0.25) is 4.98 Å². The second kappa shape index (κ2) is 8.89. The first kappa shape index (κ1) is 19.7. The highest BCUT2D eigenvalue weighted by molar-refractivity contribution is 5.85. The zero-order valence-electron chi connectivity index (χ0n) is 17.3. The molecule has 5 rings (SSSR count). The van der Waals surface area contributed by atoms with Crippen molar-refractivity contribution in [3.8, 4) is 11.5 Å². The number of aromatic nitrogens is 4. The number of fused-ring (bicyclic) bond motifs is 1. The Hall–Kier alpha value is -3.20. The van der Waals surface area contributed by atoms with Crippen LogP contribution in [-0.2, 0) is 4.74 Å². The standard InChI is InChI=1S/C22H26N6O3/c29-17-13-25-22(26-14-17)27-15-1-3-18(4-2-15)31-20-12-16(28-7-9-30-10-8-28)11-19-21(20)24-6-5-23-19/h5-6,11-15,18,29H,1-4,7-10H2,(H,25,26,27)/t15-,18+. The van der Waals surface area contributed by atoms with Crippen LogP contribution >= 0.6 is 0 Å². The molecule has 162 valence electrons. The van der Waals surface area contributed by atoms with E-state index < -0.39 is 0 Å². The fraction of sp³-hybridized carbons (Fsp3) is 0.455. The summed E-state index contributed by atoms with van der Waals surface area (Å²) in [7, 11) is 0. The molecule has 0 amide bonds. The monoisotopic (exact) mass is 422 g/mol. The first-order valence-electron chi connectivity index (χ1n) is 10.8. The smallest absolute Gasteiger partial charge is 0.223 e. The van der Waals surface area contributed by atoms with Crippen molar-refractivity contribution >= 4 is 22.7 Å². The molecule has 1 saturated carbocycles. The van der Waals surface area contributed by atoms with E-state index in [9.17, 15) is 5.11 Å². The highest BCUT2D eigenvalue weighted by Crippen LogP contribution is 2.33. The maximum atomic E-state index is 9.33. The number of hydrogen-bond donors (Lipinski definition) is 2. The van der Waals surface area contributed by atoms with E-state index in [-0.39, 0.29) is 11.9 Å². The summed E-state index contributed by atoms with van der Waals surface area (Å²) < 4.78 is 12.0. The summed E-state index contributed by atoms with van der Waals surface area (Å²) in [4.78, 5) is 19.6. The minimum atomic E-state index is 0.0669. The van der Waals surface area contributed by atoms with E-state index in [1.807, 2.05) is 0 Å². The zero-order chi connectivity index (χ0) is 21.0. The molecule has 0 spiro atoms. The van der Waals surface area contributed by atoms with Gasteiger partial charge in [0.15, 0.2) is 5.75 Å². The summed E-state index contributed by atoms with van der Waals surface area (Å²) in [6.07, 6.45) is 10.1. The normalized spacial score (nSPS) is 21.7. The predicted molar refractivity (Wildman–Crippen MR) is 117 cm³/mol. The molecule has 31 heavy (non-hydrogen) atoms. The molecular formula is C22H26N6O3. The lowest BCUT2D eigenvalue weighted by Gasteiger charge is -2.31. The zero-order valence-corrected chi connectivity index (χ0v) is 17.3. The fourth-order valence-corrected chi connectivity index (χ4v) is 4.21. The highest BCUT2D eigenvalue weighted by Gasteiger charge is 2.24. The van der Waals surface area contributed by atoms with E-state index in [2.05, 4.69) is 42.3 Å². The van der Waals surface area contributed by atoms with Gasteiger partial charge in [0.2, 0.25) is 5.95 Å². The average Bonchev–Trinajstić information content (AvgIpc) is 2.82. The van der Waals surface area contributed by atoms with Gasteiger partial charge in [0.1, 0.15) is 11.3 Å². The van der Waals surface area contributed by atoms with Crippen LogP contribution in [0.15, 0.2) is 36.9 Å². The van der Waals surface area contributed by atoms with Crippen LogP contribution in [0.5, 0.6) is 11.5 Å². The van der Waals surface area contributed by atoms with Crippen molar-refractivity contribution < 1.29 is 14.6 Å². The molecule has 2 N–H and O–H groups in total. The molecule has 1 aromatic carbocycles. The largest absolute Gasteiger partial charge is 0.505 e. The Bertz CT molecular complexity index is 1020. The van der Waals surface area contributed by atoms with Crippen molar-refractivity contribution in [2.75, 3.05) is 36.5 Å². The Kier molecular flexibility index (Phi) is 5.66. The maximum absolute atomic E-state index is 9.33. The lowest BCUT2D eigenvalue weighted by atomic mass is 9.93. The van der Waals surface area contributed by atoms with E-state index in [1.54, 1.807) is 12.4 Å². The quantitative estimate of drug-likeness (QED) is 0.642. The SMILES string of the molecule is Oc1cnc(N[C@H]2CC[C@@H](Oc3cc(N4CCOCC4)cc4nccnc34)CC2)nc1. The summed E-state index contributed by atoms with van der Waals surface area (Å²) in [6.45, 7) is 3.19. The summed E-state index contributed by atoms with van der Waals surface area (Å²) in [6, 6.07) is 4.47. The second-order valence-electron chi connectivity index (χ2n) is 7.97. The summed E-state index contributed by atoms with van der Waals surface area (Å²) in [5, 5.41) is 12.7. The first-order valence-corrected chi connectivity index (χ1v) is 10.8. The second-order valence-corrected chi connectivity index (χ2v) is 7.97. The molecule has 2 fully saturated rings. The summed E-state index contributed by atoms with van der Waals surface area (Å²) in [5.41, 5.74) is 2.75. The molecule has 3 heterocycles.